The van der Waals surface area contributed by atoms with Gasteiger partial charge >= 0.3 is 5.97 Å². The Balaban J connectivity index is 1.49. The molecule has 9 heteroatoms. The number of halogens is 1. The number of carboxylic acid groups (broad SMARTS) is 1. The number of rotatable bonds is 2. The van der Waals surface area contributed by atoms with Gasteiger partial charge in [-0.15, -0.1) is 0 Å². The second-order valence-corrected chi connectivity index (χ2v) is 13.7. The van der Waals surface area contributed by atoms with Crippen LogP contribution in [-0.4, -0.2) is 71.5 Å². The van der Waals surface area contributed by atoms with Gasteiger partial charge < -0.3 is 29.9 Å². The molecule has 2 heterocycles. The van der Waals surface area contributed by atoms with Gasteiger partial charge in [-0.3, -0.25) is 4.79 Å². The minimum absolute atomic E-state index is 0.100. The summed E-state index contributed by atoms with van der Waals surface area (Å²) < 4.78 is 6.58. The third-order valence-corrected chi connectivity index (χ3v) is 11.0. The van der Waals surface area contributed by atoms with Gasteiger partial charge in [-0.25, -0.2) is 4.79 Å². The summed E-state index contributed by atoms with van der Waals surface area (Å²) in [5.41, 5.74) is 0.575. The molecular weight excluding hydrogens is 580 g/mol. The van der Waals surface area contributed by atoms with Crippen LogP contribution < -0.4 is 9.64 Å². The molecule has 1 amide bonds. The number of hydrogen-bond donors (Lipinski definition) is 3. The molecule has 1 spiro atoms. The zero-order valence-corrected chi connectivity index (χ0v) is 26.3. The maximum Gasteiger partial charge on any atom is 0.341 e. The van der Waals surface area contributed by atoms with Crippen molar-refractivity contribution in [3.05, 3.63) is 70.3 Å². The van der Waals surface area contributed by atoms with E-state index in [2.05, 4.69) is 17.0 Å². The average Bonchev–Trinajstić information content (AvgIpc) is 3.13. The van der Waals surface area contributed by atoms with Gasteiger partial charge in [0, 0.05) is 37.1 Å². The molecule has 44 heavy (non-hydrogen) atoms. The summed E-state index contributed by atoms with van der Waals surface area (Å²) in [6.45, 7) is 3.82. The Labute approximate surface area is 264 Å². The summed E-state index contributed by atoms with van der Waals surface area (Å²) in [7, 11) is 1.63. The van der Waals surface area contributed by atoms with E-state index in [-0.39, 0.29) is 29.2 Å². The number of nitrogens with zero attached hydrogens (tertiary/aromatic N) is 2. The number of carbonyl (C=O) groups is 2. The molecule has 0 aromatic heterocycles. The average molecular weight is 623 g/mol. The number of aliphatic hydroxyl groups excluding tert-OH is 1. The molecule has 2 aromatic rings. The Bertz CT molecular complexity index is 1460. The molecule has 2 aliphatic heterocycles. The van der Waals surface area contributed by atoms with Crippen LogP contribution in [0.25, 0.3) is 0 Å². The molecule has 236 valence electrons. The molecule has 1 saturated carbocycles. The number of aliphatic carboxylic acids is 1. The second kappa shape index (κ2) is 12.0. The summed E-state index contributed by atoms with van der Waals surface area (Å²) in [4.78, 5) is 30.3. The topological polar surface area (TPSA) is 111 Å². The van der Waals surface area contributed by atoms with E-state index >= 15 is 0 Å². The Morgan fingerprint density at radius 3 is 2.73 bits per heavy atom. The predicted molar refractivity (Wildman–Crippen MR) is 169 cm³/mol. The number of carboxylic acids is 1. The van der Waals surface area contributed by atoms with Crippen molar-refractivity contribution in [2.45, 2.75) is 69.0 Å². The first-order valence-corrected chi connectivity index (χ1v) is 16.3. The van der Waals surface area contributed by atoms with Crippen LogP contribution in [-0.2, 0) is 27.0 Å². The van der Waals surface area contributed by atoms with Crippen LogP contribution in [0.1, 0.15) is 62.1 Å². The van der Waals surface area contributed by atoms with Crippen LogP contribution in [0, 0.1) is 17.8 Å². The lowest BCUT2D eigenvalue weighted by Gasteiger charge is -2.45. The number of fused-ring (bicyclic) bond motifs is 4. The summed E-state index contributed by atoms with van der Waals surface area (Å²) >= 11 is 6.40. The van der Waals surface area contributed by atoms with Crippen molar-refractivity contribution in [3.8, 4) is 5.75 Å². The van der Waals surface area contributed by atoms with E-state index in [1.54, 1.807) is 32.2 Å². The molecule has 4 aliphatic rings. The van der Waals surface area contributed by atoms with Gasteiger partial charge in [-0.05, 0) is 97.7 Å². The van der Waals surface area contributed by atoms with Gasteiger partial charge in [0.25, 0.3) is 0 Å². The number of hydrogen-bond acceptors (Lipinski definition) is 6. The van der Waals surface area contributed by atoms with Crippen LogP contribution in [0.5, 0.6) is 5.75 Å². The first-order chi connectivity index (χ1) is 21.1. The highest BCUT2D eigenvalue weighted by Gasteiger charge is 2.51. The Hall–Kier alpha value is -3.07. The lowest BCUT2D eigenvalue weighted by molar-refractivity contribution is -0.173. The van der Waals surface area contributed by atoms with E-state index in [0.29, 0.717) is 49.1 Å². The molecule has 2 aromatic carbocycles. The molecule has 1 fully saturated rings. The molecule has 6 atom stereocenters. The molecule has 2 bridgehead atoms. The lowest BCUT2D eigenvalue weighted by Crippen LogP contribution is -2.51. The van der Waals surface area contributed by atoms with Crippen molar-refractivity contribution < 1.29 is 29.6 Å². The zero-order chi connectivity index (χ0) is 31.2. The van der Waals surface area contributed by atoms with Gasteiger partial charge in [0.2, 0.25) is 5.91 Å². The summed E-state index contributed by atoms with van der Waals surface area (Å²) in [5.74, 6) is -2.13. The summed E-state index contributed by atoms with van der Waals surface area (Å²) in [5, 5.41) is 34.3. The number of benzene rings is 2. The van der Waals surface area contributed by atoms with Crippen molar-refractivity contribution in [1.82, 2.24) is 4.90 Å². The first kappa shape index (κ1) is 30.9. The van der Waals surface area contributed by atoms with Crippen molar-refractivity contribution in [3.63, 3.8) is 0 Å². The van der Waals surface area contributed by atoms with Crippen molar-refractivity contribution in [2.75, 3.05) is 38.2 Å². The maximum atomic E-state index is 13.6. The first-order valence-electron chi connectivity index (χ1n) is 15.9. The van der Waals surface area contributed by atoms with Gasteiger partial charge in [0.05, 0.1) is 24.3 Å². The molecule has 2 aliphatic carbocycles. The third kappa shape index (κ3) is 5.29. The summed E-state index contributed by atoms with van der Waals surface area (Å²) in [6.07, 6.45) is 8.60. The molecule has 0 saturated heterocycles. The number of aryl methyl sites for hydroxylation is 1. The highest BCUT2D eigenvalue weighted by molar-refractivity contribution is 6.30. The highest BCUT2D eigenvalue weighted by atomic mass is 35.5. The van der Waals surface area contributed by atoms with Crippen LogP contribution in [0.3, 0.4) is 0 Å². The largest absolute Gasteiger partial charge is 0.490 e. The predicted octanol–water partition coefficient (Wildman–Crippen LogP) is 4.92. The smallest absolute Gasteiger partial charge is 0.341 e. The normalized spacial score (nSPS) is 33.0. The monoisotopic (exact) mass is 622 g/mol. The fourth-order valence-corrected chi connectivity index (χ4v) is 8.25. The minimum Gasteiger partial charge on any atom is -0.490 e. The number of anilines is 1. The highest BCUT2D eigenvalue weighted by Crippen LogP contribution is 2.48. The maximum absolute atomic E-state index is 13.6. The van der Waals surface area contributed by atoms with E-state index in [9.17, 15) is 24.9 Å². The lowest BCUT2D eigenvalue weighted by atomic mass is 9.68. The van der Waals surface area contributed by atoms with E-state index in [1.807, 2.05) is 18.2 Å². The standard InChI is InChI=1S/C35H43ClN2O6/c1-3-27-32(40)37(2)16-5-4-8-30(39)26-12-9-23(26)19-38-20-34(15-6-7-22-17-25(36)11-13-28(22)34)21-44-31-14-10-24(18-29(31)38)35(27,43)33(41)42/h4,8,10-11,13-14,17-18,23,26-27,30,39,43H,3,5-7,9,12,15-16,19-21H2,1-2H3,(H,41,42)/b8-4+/t23-,26+,27-,30-,34-,35+/m0/s1. The van der Waals surface area contributed by atoms with E-state index in [0.717, 1.165) is 32.1 Å². The van der Waals surface area contributed by atoms with Gasteiger partial charge in [-0.2, -0.15) is 0 Å². The minimum atomic E-state index is -2.43. The van der Waals surface area contributed by atoms with Gasteiger partial charge in [-0.1, -0.05) is 42.8 Å². The molecular formula is C35H43ClN2O6. The number of ether oxygens (including phenoxy) is 1. The zero-order valence-electron chi connectivity index (χ0n) is 25.5. The number of amides is 1. The van der Waals surface area contributed by atoms with E-state index in [1.165, 1.54) is 16.0 Å². The van der Waals surface area contributed by atoms with Crippen molar-refractivity contribution in [2.24, 2.45) is 17.8 Å². The van der Waals surface area contributed by atoms with Crippen LogP contribution in [0.2, 0.25) is 5.02 Å². The fraction of sp³-hybridized carbons (Fsp3) is 0.543. The fourth-order valence-electron chi connectivity index (χ4n) is 8.05. The van der Waals surface area contributed by atoms with Crippen LogP contribution in [0.15, 0.2) is 48.6 Å². The quantitative estimate of drug-likeness (QED) is 0.408. The van der Waals surface area contributed by atoms with Gasteiger partial charge in [0.15, 0.2) is 5.60 Å². The van der Waals surface area contributed by atoms with Crippen LogP contribution in [0.4, 0.5) is 5.69 Å². The Kier molecular flexibility index (Phi) is 8.46. The molecule has 3 N–H and O–H groups in total. The summed E-state index contributed by atoms with van der Waals surface area (Å²) in [6, 6.07) is 11.2. The molecule has 0 radical (unpaired) electrons. The van der Waals surface area contributed by atoms with Crippen LogP contribution >= 0.6 is 11.6 Å². The van der Waals surface area contributed by atoms with E-state index in [4.69, 9.17) is 16.3 Å². The third-order valence-electron chi connectivity index (χ3n) is 10.7. The van der Waals surface area contributed by atoms with Crippen molar-refractivity contribution in [1.29, 1.82) is 0 Å². The Morgan fingerprint density at radius 1 is 1.18 bits per heavy atom. The molecule has 0 unspecified atom stereocenters. The number of carbonyl (C=O) groups excluding carboxylic acids is 1. The van der Waals surface area contributed by atoms with Gasteiger partial charge in [0.1, 0.15) is 5.75 Å². The van der Waals surface area contributed by atoms with Crippen molar-refractivity contribution >= 4 is 29.2 Å². The molecule has 8 nitrogen and oxygen atoms in total. The Morgan fingerprint density at radius 2 is 2.00 bits per heavy atom. The second-order valence-electron chi connectivity index (χ2n) is 13.3. The van der Waals surface area contributed by atoms with E-state index < -0.39 is 29.5 Å². The SMILES string of the molecule is CC[C@H]1C(=O)N(C)CC/C=C/[C@H](O)[C@@H]2CC[C@H]2CN2C[C@@]3(CCCc4cc(Cl)ccc43)COc3ccc(cc32)[C@]1(O)C(=O)O. The number of aliphatic hydroxyl groups is 2. The molecule has 6 rings (SSSR count).